The van der Waals surface area contributed by atoms with Crippen LogP contribution in [0.4, 0.5) is 4.39 Å². The molecule has 0 fully saturated rings. The molecule has 2 aromatic rings. The predicted octanol–water partition coefficient (Wildman–Crippen LogP) is 3.27. The van der Waals surface area contributed by atoms with Gasteiger partial charge in [0.25, 0.3) is 5.91 Å². The van der Waals surface area contributed by atoms with Gasteiger partial charge in [-0.05, 0) is 24.1 Å². The number of halogens is 1. The van der Waals surface area contributed by atoms with E-state index in [0.29, 0.717) is 21.4 Å². The lowest BCUT2D eigenvalue weighted by atomic mass is 9.99. The van der Waals surface area contributed by atoms with Crippen LogP contribution in [-0.4, -0.2) is 23.0 Å². The smallest absolute Gasteiger partial charge is 0.326 e. The Balaban J connectivity index is 2.25. The molecule has 1 heterocycles. The number of carbonyl (C=O) groups is 2. The Hall–Kier alpha value is -1.95. The molecule has 0 aliphatic carbocycles. The van der Waals surface area contributed by atoms with Crippen molar-refractivity contribution in [2.45, 2.75) is 26.3 Å². The summed E-state index contributed by atoms with van der Waals surface area (Å²) < 4.78 is 14.3. The van der Waals surface area contributed by atoms with E-state index in [0.717, 1.165) is 11.3 Å². The second-order valence-corrected chi connectivity index (χ2v) is 6.02. The Labute approximate surface area is 125 Å². The molecule has 0 aliphatic heterocycles. The standard InChI is InChI=1S/C15H16FNO3S/c1-3-8(2)13(15(19)20)17-14(18)12-7-9-10(16)5-4-6-11(9)21-12/h4-8,13H,3H2,1-2H3,(H,17,18)(H,19,20)/t8?,13-/m0/s1. The number of carbonyl (C=O) groups excluding carboxylic acids is 1. The van der Waals surface area contributed by atoms with Crippen molar-refractivity contribution in [3.63, 3.8) is 0 Å². The fourth-order valence-corrected chi connectivity index (χ4v) is 3.01. The van der Waals surface area contributed by atoms with Gasteiger partial charge < -0.3 is 10.4 Å². The van der Waals surface area contributed by atoms with E-state index in [4.69, 9.17) is 0 Å². The van der Waals surface area contributed by atoms with Gasteiger partial charge in [0.15, 0.2) is 0 Å². The summed E-state index contributed by atoms with van der Waals surface area (Å²) in [5.41, 5.74) is 0. The first-order chi connectivity index (χ1) is 9.93. The van der Waals surface area contributed by atoms with Gasteiger partial charge in [-0.2, -0.15) is 0 Å². The van der Waals surface area contributed by atoms with Crippen molar-refractivity contribution in [1.29, 1.82) is 0 Å². The molecule has 0 spiro atoms. The van der Waals surface area contributed by atoms with E-state index in [9.17, 15) is 19.1 Å². The highest BCUT2D eigenvalue weighted by molar-refractivity contribution is 7.20. The van der Waals surface area contributed by atoms with Gasteiger partial charge in [0.1, 0.15) is 11.9 Å². The van der Waals surface area contributed by atoms with Crippen LogP contribution in [0, 0.1) is 11.7 Å². The normalized spacial score (nSPS) is 13.9. The minimum atomic E-state index is -1.06. The zero-order valence-corrected chi connectivity index (χ0v) is 12.5. The zero-order valence-electron chi connectivity index (χ0n) is 11.7. The SMILES string of the molecule is CCC(C)[C@H](NC(=O)c1cc2c(F)cccc2s1)C(=O)O. The number of carboxylic acids is 1. The molecular weight excluding hydrogens is 293 g/mol. The molecular formula is C15H16FNO3S. The lowest BCUT2D eigenvalue weighted by Crippen LogP contribution is -2.44. The Morgan fingerprint density at radius 1 is 1.43 bits per heavy atom. The first-order valence-corrected chi connectivity index (χ1v) is 7.47. The Kier molecular flexibility index (Phi) is 4.57. The van der Waals surface area contributed by atoms with Crippen LogP contribution >= 0.6 is 11.3 Å². The molecule has 1 amide bonds. The molecule has 4 nitrogen and oxygen atoms in total. The molecule has 2 N–H and O–H groups in total. The van der Waals surface area contributed by atoms with Crippen molar-refractivity contribution >= 4 is 33.3 Å². The number of thiophene rings is 1. The minimum absolute atomic E-state index is 0.183. The molecule has 0 aliphatic rings. The molecule has 0 saturated carbocycles. The topological polar surface area (TPSA) is 66.4 Å². The molecule has 112 valence electrons. The number of rotatable bonds is 5. The third-order valence-electron chi connectivity index (χ3n) is 3.50. The number of aliphatic carboxylic acids is 1. The molecule has 1 aromatic heterocycles. The summed E-state index contributed by atoms with van der Waals surface area (Å²) in [5, 5.41) is 12.1. The third kappa shape index (κ3) is 3.21. The van der Waals surface area contributed by atoms with Crippen LogP contribution in [0.3, 0.4) is 0 Å². The van der Waals surface area contributed by atoms with Gasteiger partial charge in [0.05, 0.1) is 4.88 Å². The summed E-state index contributed by atoms with van der Waals surface area (Å²) >= 11 is 1.15. The van der Waals surface area contributed by atoms with Crippen molar-refractivity contribution in [2.75, 3.05) is 0 Å². The Morgan fingerprint density at radius 3 is 2.71 bits per heavy atom. The van der Waals surface area contributed by atoms with E-state index in [2.05, 4.69) is 5.32 Å². The minimum Gasteiger partial charge on any atom is -0.480 e. The monoisotopic (exact) mass is 309 g/mol. The molecule has 0 radical (unpaired) electrons. The van der Waals surface area contributed by atoms with E-state index < -0.39 is 17.9 Å². The van der Waals surface area contributed by atoms with Crippen molar-refractivity contribution in [3.05, 3.63) is 35.0 Å². The van der Waals surface area contributed by atoms with E-state index in [1.165, 1.54) is 12.1 Å². The first kappa shape index (κ1) is 15.4. The number of hydrogen-bond acceptors (Lipinski definition) is 3. The van der Waals surface area contributed by atoms with E-state index >= 15 is 0 Å². The summed E-state index contributed by atoms with van der Waals surface area (Å²) in [5.74, 6) is -2.12. The largest absolute Gasteiger partial charge is 0.480 e. The quantitative estimate of drug-likeness (QED) is 0.891. The van der Waals surface area contributed by atoms with Gasteiger partial charge in [-0.15, -0.1) is 11.3 Å². The number of nitrogens with one attached hydrogen (secondary N) is 1. The van der Waals surface area contributed by atoms with Crippen molar-refractivity contribution in [2.24, 2.45) is 5.92 Å². The number of benzene rings is 1. The molecule has 2 rings (SSSR count). The van der Waals surface area contributed by atoms with Crippen molar-refractivity contribution < 1.29 is 19.1 Å². The summed E-state index contributed by atoms with van der Waals surface area (Å²) in [4.78, 5) is 23.7. The molecule has 2 atom stereocenters. The van der Waals surface area contributed by atoms with Crippen LogP contribution in [0.2, 0.25) is 0 Å². The van der Waals surface area contributed by atoms with Gasteiger partial charge in [-0.1, -0.05) is 26.3 Å². The highest BCUT2D eigenvalue weighted by Crippen LogP contribution is 2.27. The van der Waals surface area contributed by atoms with Gasteiger partial charge >= 0.3 is 5.97 Å². The summed E-state index contributed by atoms with van der Waals surface area (Å²) in [6.07, 6.45) is 0.637. The molecule has 0 bridgehead atoms. The highest BCUT2D eigenvalue weighted by atomic mass is 32.1. The van der Waals surface area contributed by atoms with Gasteiger partial charge in [0, 0.05) is 10.1 Å². The van der Waals surface area contributed by atoms with E-state index in [1.54, 1.807) is 19.1 Å². The average molecular weight is 309 g/mol. The van der Waals surface area contributed by atoms with E-state index in [1.807, 2.05) is 6.92 Å². The van der Waals surface area contributed by atoms with Crippen LogP contribution in [-0.2, 0) is 4.79 Å². The predicted molar refractivity (Wildman–Crippen MR) is 80.1 cm³/mol. The van der Waals surface area contributed by atoms with Crippen LogP contribution in [0.15, 0.2) is 24.3 Å². The van der Waals surface area contributed by atoms with Crippen LogP contribution in [0.5, 0.6) is 0 Å². The number of fused-ring (bicyclic) bond motifs is 1. The number of hydrogen-bond donors (Lipinski definition) is 2. The van der Waals surface area contributed by atoms with Crippen molar-refractivity contribution in [3.8, 4) is 0 Å². The Morgan fingerprint density at radius 2 is 2.14 bits per heavy atom. The molecule has 1 unspecified atom stereocenters. The van der Waals surface area contributed by atoms with Crippen LogP contribution < -0.4 is 5.32 Å². The van der Waals surface area contributed by atoms with E-state index in [-0.39, 0.29) is 11.7 Å². The van der Waals surface area contributed by atoms with Crippen molar-refractivity contribution in [1.82, 2.24) is 5.32 Å². The maximum atomic E-state index is 13.6. The lowest BCUT2D eigenvalue weighted by Gasteiger charge is -2.19. The van der Waals surface area contributed by atoms with Crippen LogP contribution in [0.25, 0.3) is 10.1 Å². The van der Waals surface area contributed by atoms with Gasteiger partial charge in [0.2, 0.25) is 0 Å². The molecule has 0 saturated heterocycles. The zero-order chi connectivity index (χ0) is 15.6. The fraction of sp³-hybridized carbons (Fsp3) is 0.333. The fourth-order valence-electron chi connectivity index (χ4n) is 2.03. The number of carboxylic acid groups (broad SMARTS) is 1. The Bertz CT molecular complexity index is 683. The molecule has 1 aromatic carbocycles. The second kappa shape index (κ2) is 6.22. The van der Waals surface area contributed by atoms with Gasteiger partial charge in [-0.3, -0.25) is 4.79 Å². The summed E-state index contributed by atoms with van der Waals surface area (Å²) in [6, 6.07) is 5.14. The maximum absolute atomic E-state index is 13.6. The number of amides is 1. The molecule has 21 heavy (non-hydrogen) atoms. The molecule has 6 heteroatoms. The third-order valence-corrected chi connectivity index (χ3v) is 4.60. The second-order valence-electron chi connectivity index (χ2n) is 4.94. The maximum Gasteiger partial charge on any atom is 0.326 e. The van der Waals surface area contributed by atoms with Gasteiger partial charge in [-0.25, -0.2) is 9.18 Å². The summed E-state index contributed by atoms with van der Waals surface area (Å²) in [7, 11) is 0. The van der Waals surface area contributed by atoms with Crippen LogP contribution in [0.1, 0.15) is 29.9 Å². The highest BCUT2D eigenvalue weighted by Gasteiger charge is 2.26. The average Bonchev–Trinajstić information content (AvgIpc) is 2.89. The summed E-state index contributed by atoms with van der Waals surface area (Å²) in [6.45, 7) is 3.63. The lowest BCUT2D eigenvalue weighted by molar-refractivity contribution is -0.140. The first-order valence-electron chi connectivity index (χ1n) is 6.65.